The molecule has 1 saturated heterocycles. The largest absolute Gasteiger partial charge is 0.484 e. The van der Waals surface area contributed by atoms with Crippen LogP contribution in [0.2, 0.25) is 0 Å². The Hall–Kier alpha value is -4.20. The van der Waals surface area contributed by atoms with Crippen LogP contribution in [0.3, 0.4) is 0 Å². The summed E-state index contributed by atoms with van der Waals surface area (Å²) in [5.41, 5.74) is 3.88. The highest BCUT2D eigenvalue weighted by Crippen LogP contribution is 2.40. The van der Waals surface area contributed by atoms with Gasteiger partial charge in [0.15, 0.2) is 11.5 Å². The van der Waals surface area contributed by atoms with E-state index in [4.69, 9.17) is 4.74 Å². The first-order chi connectivity index (χ1) is 22.7. The van der Waals surface area contributed by atoms with Crippen LogP contribution in [-0.4, -0.2) is 65.0 Å². The summed E-state index contributed by atoms with van der Waals surface area (Å²) < 4.78 is 35.0. The molecule has 0 spiro atoms. The van der Waals surface area contributed by atoms with Gasteiger partial charge in [-0.25, -0.2) is 13.2 Å². The molecule has 6 rings (SSSR count). The van der Waals surface area contributed by atoms with E-state index in [0.717, 1.165) is 53.8 Å². The summed E-state index contributed by atoms with van der Waals surface area (Å²) in [5, 5.41) is 24.7. The topological polar surface area (TPSA) is 150 Å². The number of anilines is 2. The number of aliphatic hydroxyl groups excluding tert-OH is 1. The van der Waals surface area contributed by atoms with Crippen LogP contribution in [0.15, 0.2) is 60.8 Å². The van der Waals surface area contributed by atoms with Crippen LogP contribution in [0.5, 0.6) is 5.75 Å². The minimum Gasteiger partial charge on any atom is -0.484 e. The van der Waals surface area contributed by atoms with Crippen LogP contribution >= 0.6 is 0 Å². The van der Waals surface area contributed by atoms with Crippen LogP contribution in [0, 0.1) is 0 Å². The molecule has 12 nitrogen and oxygen atoms in total. The van der Waals surface area contributed by atoms with Gasteiger partial charge < -0.3 is 20.5 Å². The second-order valence-corrected chi connectivity index (χ2v) is 15.8. The first kappa shape index (κ1) is 33.7. The molecule has 2 amide bonds. The zero-order valence-corrected chi connectivity index (χ0v) is 29.0. The minimum atomic E-state index is -3.50. The second-order valence-electron chi connectivity index (χ2n) is 14.1. The van der Waals surface area contributed by atoms with Crippen LogP contribution in [0.1, 0.15) is 88.0 Å². The molecule has 2 aromatic heterocycles. The molecule has 1 unspecified atom stereocenters. The molecule has 256 valence electrons. The molecule has 1 aliphatic carbocycles. The van der Waals surface area contributed by atoms with Gasteiger partial charge in [-0.3, -0.25) is 14.0 Å². The first-order valence-corrected chi connectivity index (χ1v) is 18.3. The van der Waals surface area contributed by atoms with Crippen LogP contribution in [-0.2, 0) is 21.0 Å². The molecule has 2 aromatic carbocycles. The molecule has 3 atom stereocenters. The quantitative estimate of drug-likeness (QED) is 0.182. The molecule has 2 aliphatic rings. The van der Waals surface area contributed by atoms with Gasteiger partial charge in [-0.1, -0.05) is 45.0 Å². The van der Waals surface area contributed by atoms with E-state index in [-0.39, 0.29) is 35.7 Å². The third-order valence-electron chi connectivity index (χ3n) is 9.40. The van der Waals surface area contributed by atoms with Gasteiger partial charge in [-0.05, 0) is 91.6 Å². The summed E-state index contributed by atoms with van der Waals surface area (Å²) in [5.74, 6) is 1.53. The average molecular weight is 676 g/mol. The number of aliphatic hydroxyl groups is 1. The summed E-state index contributed by atoms with van der Waals surface area (Å²) in [7, 11) is -3.50. The van der Waals surface area contributed by atoms with Gasteiger partial charge in [0.05, 0.1) is 36.3 Å². The van der Waals surface area contributed by atoms with Crippen molar-refractivity contribution in [1.82, 2.24) is 24.8 Å². The molecule has 3 heterocycles. The number of urea groups is 1. The molecule has 4 aromatic rings. The molecule has 0 bridgehead atoms. The Bertz CT molecular complexity index is 1920. The van der Waals surface area contributed by atoms with E-state index in [1.807, 2.05) is 73.8 Å². The Morgan fingerprint density at radius 1 is 1.06 bits per heavy atom. The van der Waals surface area contributed by atoms with Gasteiger partial charge >= 0.3 is 6.03 Å². The fourth-order valence-electron chi connectivity index (χ4n) is 6.98. The summed E-state index contributed by atoms with van der Waals surface area (Å²) >= 11 is 0. The number of carbonyl (C=O) groups excluding carboxylic acids is 1. The number of fused-ring (bicyclic) bond motifs is 2. The van der Waals surface area contributed by atoms with Gasteiger partial charge in [0.1, 0.15) is 11.9 Å². The SMILES string of the molecule is CC(C)(C)c1cc(NC(=O)N[C@H]2CC[C@@H](Oc3ccc4nnc(C5(C)CCCN5CCO)n4c3)c3ccccc32)cc(NS(C)(=O)=O)c1. The number of aromatic nitrogens is 3. The summed E-state index contributed by atoms with van der Waals surface area (Å²) in [6.45, 7) is 9.82. The smallest absolute Gasteiger partial charge is 0.319 e. The Morgan fingerprint density at radius 2 is 1.81 bits per heavy atom. The standard InChI is InChI=1S/C35H45N7O5S/c1-34(2,3)23-19-24(21-25(20-23)40-48(5,45)46)36-33(44)37-29-12-13-30(28-10-7-6-9-27(28)29)47-26-11-14-31-38-39-32(42(31)22-26)35(4)15-8-16-41(35)17-18-43/h6-7,9-11,14,19-22,29-30,40,43H,8,12-13,15-18H2,1-5H3,(H2,36,37,44)/t29-,30+,35?/m0/s1. The van der Waals surface area contributed by atoms with Crippen LogP contribution in [0.4, 0.5) is 16.2 Å². The van der Waals surface area contributed by atoms with E-state index in [2.05, 4.69) is 37.4 Å². The van der Waals surface area contributed by atoms with Crippen molar-refractivity contribution in [2.45, 2.75) is 76.5 Å². The van der Waals surface area contributed by atoms with Gasteiger partial charge in [0.25, 0.3) is 0 Å². The maximum atomic E-state index is 13.3. The molecule has 0 saturated carbocycles. The number of hydrogen-bond donors (Lipinski definition) is 4. The first-order valence-electron chi connectivity index (χ1n) is 16.4. The number of rotatable bonds is 9. The number of β-amino-alcohol motifs (C(OH)–C–C–N with tert-alkyl or cyclic N) is 1. The number of carbonyl (C=O) groups is 1. The molecule has 13 heteroatoms. The van der Waals surface area contributed by atoms with Crippen molar-refractivity contribution in [1.29, 1.82) is 0 Å². The molecule has 1 aliphatic heterocycles. The lowest BCUT2D eigenvalue weighted by molar-refractivity contribution is 0.113. The number of sulfonamides is 1. The second kappa shape index (κ2) is 13.0. The number of benzene rings is 2. The van der Waals surface area contributed by atoms with Crippen molar-refractivity contribution >= 4 is 33.1 Å². The Balaban J connectivity index is 1.19. The van der Waals surface area contributed by atoms with E-state index in [9.17, 15) is 18.3 Å². The van der Waals surface area contributed by atoms with E-state index >= 15 is 0 Å². The third-order valence-corrected chi connectivity index (χ3v) is 10.0. The lowest BCUT2D eigenvalue weighted by Crippen LogP contribution is -2.41. The number of hydrogen-bond acceptors (Lipinski definition) is 8. The normalized spacial score (nSPS) is 21.5. The van der Waals surface area contributed by atoms with Gasteiger partial charge in [0.2, 0.25) is 10.0 Å². The Labute approximate surface area is 282 Å². The predicted octanol–water partition coefficient (Wildman–Crippen LogP) is 5.48. The number of likely N-dealkylation sites (tertiary alicyclic amines) is 1. The van der Waals surface area contributed by atoms with Crippen molar-refractivity contribution in [2.75, 3.05) is 36.0 Å². The lowest BCUT2D eigenvalue weighted by atomic mass is 9.85. The van der Waals surface area contributed by atoms with Crippen molar-refractivity contribution in [2.24, 2.45) is 0 Å². The molecular formula is C35H45N7O5S. The monoisotopic (exact) mass is 675 g/mol. The highest BCUT2D eigenvalue weighted by molar-refractivity contribution is 7.92. The fourth-order valence-corrected chi connectivity index (χ4v) is 7.52. The minimum absolute atomic E-state index is 0.0907. The number of amides is 2. The number of nitrogens with zero attached hydrogens (tertiary/aromatic N) is 4. The summed E-state index contributed by atoms with van der Waals surface area (Å²) in [6.07, 6.45) is 6.12. The highest BCUT2D eigenvalue weighted by atomic mass is 32.2. The van der Waals surface area contributed by atoms with Crippen molar-refractivity contribution in [3.63, 3.8) is 0 Å². The molecule has 1 fully saturated rings. The number of pyridine rings is 1. The Kier molecular flexibility index (Phi) is 9.14. The predicted molar refractivity (Wildman–Crippen MR) is 186 cm³/mol. The number of ether oxygens (including phenoxy) is 1. The van der Waals surface area contributed by atoms with Crippen LogP contribution in [0.25, 0.3) is 5.65 Å². The van der Waals surface area contributed by atoms with E-state index in [1.165, 1.54) is 0 Å². The zero-order valence-electron chi connectivity index (χ0n) is 28.2. The van der Waals surface area contributed by atoms with Crippen LogP contribution < -0.4 is 20.1 Å². The molecule has 0 radical (unpaired) electrons. The molecular weight excluding hydrogens is 630 g/mol. The van der Waals surface area contributed by atoms with E-state index in [0.29, 0.717) is 36.5 Å². The Morgan fingerprint density at radius 3 is 2.54 bits per heavy atom. The molecule has 48 heavy (non-hydrogen) atoms. The van der Waals surface area contributed by atoms with Gasteiger partial charge in [0, 0.05) is 12.2 Å². The van der Waals surface area contributed by atoms with Gasteiger partial charge in [-0.2, -0.15) is 0 Å². The molecule has 4 N–H and O–H groups in total. The van der Waals surface area contributed by atoms with E-state index in [1.54, 1.807) is 12.1 Å². The van der Waals surface area contributed by atoms with Crippen molar-refractivity contribution in [3.8, 4) is 5.75 Å². The average Bonchev–Trinajstić information content (AvgIpc) is 3.61. The maximum absolute atomic E-state index is 13.3. The third kappa shape index (κ3) is 7.13. The maximum Gasteiger partial charge on any atom is 0.319 e. The number of nitrogens with one attached hydrogen (secondary N) is 3. The lowest BCUT2D eigenvalue weighted by Gasteiger charge is -2.33. The van der Waals surface area contributed by atoms with Crippen molar-refractivity contribution < 1.29 is 23.1 Å². The summed E-state index contributed by atoms with van der Waals surface area (Å²) in [4.78, 5) is 15.6. The van der Waals surface area contributed by atoms with Gasteiger partial charge in [-0.15, -0.1) is 10.2 Å². The summed E-state index contributed by atoms with van der Waals surface area (Å²) in [6, 6.07) is 16.4. The zero-order chi connectivity index (χ0) is 34.3. The van der Waals surface area contributed by atoms with Crippen molar-refractivity contribution in [3.05, 3.63) is 83.3 Å². The fraction of sp³-hybridized carbons (Fsp3) is 0.457. The highest BCUT2D eigenvalue weighted by Gasteiger charge is 2.41. The van der Waals surface area contributed by atoms with E-state index < -0.39 is 10.0 Å².